The van der Waals surface area contributed by atoms with Gasteiger partial charge in [-0.2, -0.15) is 0 Å². The number of piperidine rings is 1. The lowest BCUT2D eigenvalue weighted by Crippen LogP contribution is -2.39. The van der Waals surface area contributed by atoms with E-state index in [0.29, 0.717) is 11.5 Å². The van der Waals surface area contributed by atoms with Gasteiger partial charge in [-0.1, -0.05) is 12.1 Å². The normalized spacial score (nSPS) is 18.3. The van der Waals surface area contributed by atoms with Crippen LogP contribution in [-0.2, 0) is 0 Å². The average molecular weight is 323 g/mol. The molecule has 1 saturated heterocycles. The zero-order valence-corrected chi connectivity index (χ0v) is 13.5. The summed E-state index contributed by atoms with van der Waals surface area (Å²) in [6.07, 6.45) is 5.45. The second-order valence-corrected chi connectivity index (χ2v) is 6.91. The summed E-state index contributed by atoms with van der Waals surface area (Å²) in [4.78, 5) is 23.4. The fraction of sp³-hybridized carbons (Fsp3) is 0.278. The van der Waals surface area contributed by atoms with Crippen molar-refractivity contribution in [3.8, 4) is 0 Å². The highest BCUT2D eigenvalue weighted by molar-refractivity contribution is 7.18. The van der Waals surface area contributed by atoms with E-state index in [1.165, 1.54) is 4.70 Å². The number of nitrogens with zero attached hydrogens (tertiary/aromatic N) is 3. The van der Waals surface area contributed by atoms with E-state index < -0.39 is 0 Å². The quantitative estimate of drug-likeness (QED) is 0.722. The summed E-state index contributed by atoms with van der Waals surface area (Å²) < 4.78 is 1.22. The van der Waals surface area contributed by atoms with Crippen LogP contribution in [-0.4, -0.2) is 33.9 Å². The van der Waals surface area contributed by atoms with Crippen LogP contribution in [0.15, 0.2) is 48.8 Å². The van der Waals surface area contributed by atoms with Crippen molar-refractivity contribution in [2.45, 2.75) is 18.8 Å². The van der Waals surface area contributed by atoms with Crippen LogP contribution in [0.1, 0.15) is 34.1 Å². The molecule has 3 aromatic rings. The number of para-hydroxylation sites is 1. The largest absolute Gasteiger partial charge is 0.338 e. The lowest BCUT2D eigenvalue weighted by molar-refractivity contribution is 0.0706. The molecule has 0 spiro atoms. The molecule has 0 unspecified atom stereocenters. The number of amides is 1. The first-order valence-electron chi connectivity index (χ1n) is 7.86. The van der Waals surface area contributed by atoms with Crippen molar-refractivity contribution in [2.75, 3.05) is 13.1 Å². The Bertz CT molecular complexity index is 797. The van der Waals surface area contributed by atoms with Gasteiger partial charge in [0, 0.05) is 31.4 Å². The van der Waals surface area contributed by atoms with Crippen molar-refractivity contribution in [1.29, 1.82) is 0 Å². The Hall–Kier alpha value is -2.27. The highest BCUT2D eigenvalue weighted by Crippen LogP contribution is 2.33. The smallest absolute Gasteiger partial charge is 0.255 e. The molecule has 0 radical (unpaired) electrons. The zero-order valence-electron chi connectivity index (χ0n) is 12.7. The summed E-state index contributed by atoms with van der Waals surface area (Å²) >= 11 is 1.75. The number of benzene rings is 1. The monoisotopic (exact) mass is 323 g/mol. The lowest BCUT2D eigenvalue weighted by Gasteiger charge is -2.31. The standard InChI is InChI=1S/C18H17N3OS/c22-18(13-5-3-9-19-11-13)21-10-4-6-14(12-21)17-20-15-7-1-2-8-16(15)23-17/h1-3,5,7-9,11,14H,4,6,10,12H2/t14-/m0/s1. The van der Waals surface area contributed by atoms with Gasteiger partial charge in [0.05, 0.1) is 20.8 Å². The third-order valence-electron chi connectivity index (χ3n) is 4.28. The van der Waals surface area contributed by atoms with Crippen LogP contribution >= 0.6 is 11.3 Å². The van der Waals surface area contributed by atoms with Crippen LogP contribution in [0.25, 0.3) is 10.2 Å². The minimum Gasteiger partial charge on any atom is -0.338 e. The summed E-state index contributed by atoms with van der Waals surface area (Å²) in [5.74, 6) is 0.408. The van der Waals surface area contributed by atoms with Crippen molar-refractivity contribution < 1.29 is 4.79 Å². The summed E-state index contributed by atoms with van der Waals surface area (Å²) in [5, 5.41) is 1.15. The molecule has 23 heavy (non-hydrogen) atoms. The van der Waals surface area contributed by atoms with Gasteiger partial charge in [0.1, 0.15) is 0 Å². The van der Waals surface area contributed by atoms with E-state index >= 15 is 0 Å². The van der Waals surface area contributed by atoms with Gasteiger partial charge in [0.15, 0.2) is 0 Å². The number of fused-ring (bicyclic) bond motifs is 1. The number of hydrogen-bond acceptors (Lipinski definition) is 4. The molecular weight excluding hydrogens is 306 g/mol. The van der Waals surface area contributed by atoms with Gasteiger partial charge in [-0.05, 0) is 37.1 Å². The number of aromatic nitrogens is 2. The number of pyridine rings is 1. The van der Waals surface area contributed by atoms with Crippen LogP contribution in [0.3, 0.4) is 0 Å². The summed E-state index contributed by atoms with van der Waals surface area (Å²) in [7, 11) is 0. The molecule has 1 amide bonds. The Morgan fingerprint density at radius 3 is 2.96 bits per heavy atom. The van der Waals surface area contributed by atoms with Crippen molar-refractivity contribution in [3.63, 3.8) is 0 Å². The molecule has 3 heterocycles. The molecule has 0 aliphatic carbocycles. The first kappa shape index (κ1) is 14.3. The zero-order chi connectivity index (χ0) is 15.6. The average Bonchev–Trinajstić information content (AvgIpc) is 3.06. The van der Waals surface area contributed by atoms with E-state index in [0.717, 1.165) is 36.5 Å². The first-order chi connectivity index (χ1) is 11.3. The molecule has 0 bridgehead atoms. The van der Waals surface area contributed by atoms with Crippen LogP contribution in [0.2, 0.25) is 0 Å². The van der Waals surface area contributed by atoms with Crippen LogP contribution in [0, 0.1) is 0 Å². The minimum absolute atomic E-state index is 0.0731. The molecule has 2 aromatic heterocycles. The molecule has 4 rings (SSSR count). The van der Waals surface area contributed by atoms with Crippen molar-refractivity contribution in [2.24, 2.45) is 0 Å². The van der Waals surface area contributed by atoms with Crippen LogP contribution in [0.5, 0.6) is 0 Å². The number of hydrogen-bond donors (Lipinski definition) is 0. The molecule has 1 aliphatic heterocycles. The third kappa shape index (κ3) is 2.84. The summed E-state index contributed by atoms with van der Waals surface area (Å²) in [5.41, 5.74) is 1.72. The number of carbonyl (C=O) groups is 1. The first-order valence-corrected chi connectivity index (χ1v) is 8.68. The fourth-order valence-electron chi connectivity index (χ4n) is 3.10. The van der Waals surface area contributed by atoms with E-state index in [9.17, 15) is 4.79 Å². The molecule has 0 saturated carbocycles. The van der Waals surface area contributed by atoms with Crippen molar-refractivity contribution in [3.05, 3.63) is 59.4 Å². The highest BCUT2D eigenvalue weighted by atomic mass is 32.1. The van der Waals surface area contributed by atoms with Gasteiger partial charge in [-0.3, -0.25) is 9.78 Å². The van der Waals surface area contributed by atoms with E-state index in [4.69, 9.17) is 4.98 Å². The maximum Gasteiger partial charge on any atom is 0.255 e. The Balaban J connectivity index is 1.56. The van der Waals surface area contributed by atoms with Gasteiger partial charge in [0.25, 0.3) is 5.91 Å². The third-order valence-corrected chi connectivity index (χ3v) is 5.48. The highest BCUT2D eigenvalue weighted by Gasteiger charge is 2.27. The minimum atomic E-state index is 0.0731. The van der Waals surface area contributed by atoms with Gasteiger partial charge in [-0.25, -0.2) is 4.98 Å². The Kier molecular flexibility index (Phi) is 3.79. The fourth-order valence-corrected chi connectivity index (χ4v) is 4.19. The van der Waals surface area contributed by atoms with E-state index in [1.807, 2.05) is 29.2 Å². The second-order valence-electron chi connectivity index (χ2n) is 5.85. The molecule has 1 fully saturated rings. The Labute approximate surface area is 138 Å². The maximum atomic E-state index is 12.6. The molecule has 0 N–H and O–H groups in total. The summed E-state index contributed by atoms with van der Waals surface area (Å²) in [6, 6.07) is 11.9. The van der Waals surface area contributed by atoms with E-state index in [1.54, 1.807) is 23.7 Å². The van der Waals surface area contributed by atoms with E-state index in [-0.39, 0.29) is 5.91 Å². The maximum absolute atomic E-state index is 12.6. The molecular formula is C18H17N3OS. The SMILES string of the molecule is O=C(c1cccnc1)N1CCC[C@H](c2nc3ccccc3s2)C1. The second kappa shape index (κ2) is 6.08. The van der Waals surface area contributed by atoms with Gasteiger partial charge in [-0.15, -0.1) is 11.3 Å². The molecule has 1 atom stereocenters. The number of carbonyl (C=O) groups excluding carboxylic acids is 1. The number of likely N-dealkylation sites (tertiary alicyclic amines) is 1. The van der Waals surface area contributed by atoms with Gasteiger partial charge >= 0.3 is 0 Å². The molecule has 116 valence electrons. The van der Waals surface area contributed by atoms with Gasteiger partial charge < -0.3 is 4.90 Å². The molecule has 4 nitrogen and oxygen atoms in total. The Morgan fingerprint density at radius 2 is 2.13 bits per heavy atom. The summed E-state index contributed by atoms with van der Waals surface area (Å²) in [6.45, 7) is 1.56. The van der Waals surface area contributed by atoms with E-state index in [2.05, 4.69) is 17.1 Å². The predicted octanol–water partition coefficient (Wildman–Crippen LogP) is 3.71. The number of thiazole rings is 1. The topological polar surface area (TPSA) is 46.1 Å². The number of rotatable bonds is 2. The van der Waals surface area contributed by atoms with Crippen LogP contribution in [0.4, 0.5) is 0 Å². The lowest BCUT2D eigenvalue weighted by atomic mass is 9.98. The van der Waals surface area contributed by atoms with Crippen molar-refractivity contribution in [1.82, 2.24) is 14.9 Å². The predicted molar refractivity (Wildman–Crippen MR) is 91.7 cm³/mol. The van der Waals surface area contributed by atoms with Gasteiger partial charge in [0.2, 0.25) is 0 Å². The molecule has 5 heteroatoms. The Morgan fingerprint density at radius 1 is 1.22 bits per heavy atom. The molecule has 1 aliphatic rings. The van der Waals surface area contributed by atoms with Crippen molar-refractivity contribution >= 4 is 27.5 Å². The molecule has 1 aromatic carbocycles. The van der Waals surface area contributed by atoms with Crippen LogP contribution < -0.4 is 0 Å².